The van der Waals surface area contributed by atoms with Crippen LogP contribution >= 0.6 is 23.2 Å². The SMILES string of the molecule is OC1(CCl)CCOCC1Cl. The van der Waals surface area contributed by atoms with E-state index >= 15 is 0 Å². The Kier molecular flexibility index (Phi) is 2.81. The van der Waals surface area contributed by atoms with Gasteiger partial charge in [0.25, 0.3) is 0 Å². The third-order valence-corrected chi connectivity index (χ3v) is 2.75. The summed E-state index contributed by atoms with van der Waals surface area (Å²) in [6, 6.07) is 0. The molecule has 0 aromatic carbocycles. The molecular weight excluding hydrogens is 175 g/mol. The third-order valence-electron chi connectivity index (χ3n) is 1.76. The summed E-state index contributed by atoms with van der Waals surface area (Å²) in [5.41, 5.74) is -0.915. The first-order valence-electron chi connectivity index (χ1n) is 3.19. The molecule has 0 aromatic rings. The van der Waals surface area contributed by atoms with Crippen molar-refractivity contribution in [3.63, 3.8) is 0 Å². The fraction of sp³-hybridized carbons (Fsp3) is 1.00. The lowest BCUT2D eigenvalue weighted by Crippen LogP contribution is -2.48. The number of rotatable bonds is 1. The molecular formula is C6H10Cl2O2. The van der Waals surface area contributed by atoms with E-state index in [9.17, 15) is 5.11 Å². The van der Waals surface area contributed by atoms with E-state index in [0.717, 1.165) is 0 Å². The quantitative estimate of drug-likeness (QED) is 0.617. The summed E-state index contributed by atoms with van der Waals surface area (Å²) in [5, 5.41) is 9.24. The fourth-order valence-electron chi connectivity index (χ4n) is 0.898. The Bertz CT molecular complexity index is 120. The van der Waals surface area contributed by atoms with Crippen molar-refractivity contribution in [3.8, 4) is 0 Å². The molecule has 1 rings (SSSR count). The average molecular weight is 185 g/mol. The molecule has 0 aliphatic carbocycles. The van der Waals surface area contributed by atoms with Crippen LogP contribution in [0.25, 0.3) is 0 Å². The Hall–Kier alpha value is 0.500. The van der Waals surface area contributed by atoms with E-state index in [4.69, 9.17) is 27.9 Å². The molecule has 0 radical (unpaired) electrons. The van der Waals surface area contributed by atoms with Gasteiger partial charge in [-0.05, 0) is 0 Å². The van der Waals surface area contributed by atoms with E-state index < -0.39 is 5.60 Å². The highest BCUT2D eigenvalue weighted by Gasteiger charge is 2.37. The van der Waals surface area contributed by atoms with E-state index in [0.29, 0.717) is 19.6 Å². The van der Waals surface area contributed by atoms with Gasteiger partial charge in [0.05, 0.1) is 23.5 Å². The number of aliphatic hydroxyl groups is 1. The Morgan fingerprint density at radius 2 is 2.40 bits per heavy atom. The smallest absolute Gasteiger partial charge is 0.0989 e. The van der Waals surface area contributed by atoms with Crippen LogP contribution in [-0.2, 0) is 4.74 Å². The van der Waals surface area contributed by atoms with Gasteiger partial charge in [-0.2, -0.15) is 0 Å². The molecule has 4 heteroatoms. The predicted octanol–water partition coefficient (Wildman–Crippen LogP) is 0.984. The van der Waals surface area contributed by atoms with Crippen molar-refractivity contribution in [2.45, 2.75) is 17.4 Å². The average Bonchev–Trinajstić information content (AvgIpc) is 1.96. The number of halogens is 2. The Morgan fingerprint density at radius 1 is 1.70 bits per heavy atom. The zero-order valence-electron chi connectivity index (χ0n) is 5.52. The number of ether oxygens (including phenoxy) is 1. The molecule has 1 N–H and O–H groups in total. The van der Waals surface area contributed by atoms with Crippen molar-refractivity contribution >= 4 is 23.2 Å². The van der Waals surface area contributed by atoms with E-state index in [1.54, 1.807) is 0 Å². The molecule has 1 heterocycles. The summed E-state index contributed by atoms with van der Waals surface area (Å²) in [6.45, 7) is 0.942. The van der Waals surface area contributed by atoms with Crippen LogP contribution < -0.4 is 0 Å². The van der Waals surface area contributed by atoms with E-state index in [1.165, 1.54) is 0 Å². The van der Waals surface area contributed by atoms with Crippen molar-refractivity contribution in [2.75, 3.05) is 19.1 Å². The topological polar surface area (TPSA) is 29.5 Å². The zero-order chi connectivity index (χ0) is 7.61. The Labute approximate surface area is 70.1 Å². The Balaban J connectivity index is 2.54. The van der Waals surface area contributed by atoms with Gasteiger partial charge in [0, 0.05) is 13.0 Å². The molecule has 0 saturated carbocycles. The predicted molar refractivity (Wildman–Crippen MR) is 40.7 cm³/mol. The molecule has 60 valence electrons. The van der Waals surface area contributed by atoms with Gasteiger partial charge in [0.15, 0.2) is 0 Å². The molecule has 0 bridgehead atoms. The van der Waals surface area contributed by atoms with E-state index in [-0.39, 0.29) is 11.3 Å². The number of hydrogen-bond acceptors (Lipinski definition) is 2. The molecule has 2 nitrogen and oxygen atoms in total. The van der Waals surface area contributed by atoms with Crippen LogP contribution in [0.4, 0.5) is 0 Å². The summed E-state index contributed by atoms with van der Waals surface area (Å²) >= 11 is 11.3. The second kappa shape index (κ2) is 3.26. The van der Waals surface area contributed by atoms with Crippen LogP contribution in [0.15, 0.2) is 0 Å². The number of hydrogen-bond donors (Lipinski definition) is 1. The van der Waals surface area contributed by atoms with Gasteiger partial charge >= 0.3 is 0 Å². The van der Waals surface area contributed by atoms with Crippen LogP contribution in [0.2, 0.25) is 0 Å². The zero-order valence-corrected chi connectivity index (χ0v) is 7.03. The standard InChI is InChI=1S/C6H10Cl2O2/c7-4-6(9)1-2-10-3-5(6)8/h5,9H,1-4H2. The summed E-state index contributed by atoms with van der Waals surface area (Å²) in [4.78, 5) is 0. The summed E-state index contributed by atoms with van der Waals surface area (Å²) in [7, 11) is 0. The van der Waals surface area contributed by atoms with E-state index in [1.807, 2.05) is 0 Å². The molecule has 1 saturated heterocycles. The van der Waals surface area contributed by atoms with Crippen molar-refractivity contribution in [1.82, 2.24) is 0 Å². The van der Waals surface area contributed by atoms with Gasteiger partial charge in [-0.1, -0.05) is 0 Å². The third kappa shape index (κ3) is 1.56. The highest BCUT2D eigenvalue weighted by Crippen LogP contribution is 2.26. The fourth-order valence-corrected chi connectivity index (χ4v) is 1.57. The lowest BCUT2D eigenvalue weighted by molar-refractivity contribution is -0.0441. The molecule has 1 aliphatic rings. The second-order valence-electron chi connectivity index (χ2n) is 2.53. The maximum absolute atomic E-state index is 9.60. The lowest BCUT2D eigenvalue weighted by Gasteiger charge is -2.34. The minimum absolute atomic E-state index is 0.185. The first-order valence-corrected chi connectivity index (χ1v) is 4.16. The van der Waals surface area contributed by atoms with Crippen LogP contribution in [-0.4, -0.2) is 35.2 Å². The van der Waals surface area contributed by atoms with Crippen molar-refractivity contribution in [1.29, 1.82) is 0 Å². The van der Waals surface area contributed by atoms with E-state index in [2.05, 4.69) is 0 Å². The van der Waals surface area contributed by atoms with Gasteiger partial charge in [0.2, 0.25) is 0 Å². The highest BCUT2D eigenvalue weighted by atomic mass is 35.5. The van der Waals surface area contributed by atoms with Gasteiger partial charge in [0.1, 0.15) is 0 Å². The number of alkyl halides is 2. The largest absolute Gasteiger partial charge is 0.387 e. The van der Waals surface area contributed by atoms with Crippen LogP contribution in [0, 0.1) is 0 Å². The summed E-state index contributed by atoms with van der Waals surface area (Å²) in [5.74, 6) is 0.185. The normalized spacial score (nSPS) is 41.7. The minimum atomic E-state index is -0.915. The summed E-state index contributed by atoms with van der Waals surface area (Å²) < 4.78 is 5.03. The van der Waals surface area contributed by atoms with Crippen molar-refractivity contribution in [3.05, 3.63) is 0 Å². The molecule has 2 unspecified atom stereocenters. The van der Waals surface area contributed by atoms with Crippen LogP contribution in [0.3, 0.4) is 0 Å². The van der Waals surface area contributed by atoms with Gasteiger partial charge in [-0.25, -0.2) is 0 Å². The van der Waals surface area contributed by atoms with Gasteiger partial charge in [-0.15, -0.1) is 23.2 Å². The molecule has 1 aliphatic heterocycles. The maximum atomic E-state index is 9.60. The van der Waals surface area contributed by atoms with Crippen LogP contribution in [0.1, 0.15) is 6.42 Å². The monoisotopic (exact) mass is 184 g/mol. The van der Waals surface area contributed by atoms with Gasteiger partial charge < -0.3 is 9.84 Å². The highest BCUT2D eigenvalue weighted by molar-refractivity contribution is 6.23. The molecule has 0 aromatic heterocycles. The molecule has 0 amide bonds. The molecule has 0 spiro atoms. The summed E-state index contributed by atoms with van der Waals surface area (Å²) in [6.07, 6.45) is 0.532. The Morgan fingerprint density at radius 3 is 2.80 bits per heavy atom. The minimum Gasteiger partial charge on any atom is -0.387 e. The van der Waals surface area contributed by atoms with Crippen LogP contribution in [0.5, 0.6) is 0 Å². The van der Waals surface area contributed by atoms with Gasteiger partial charge in [-0.3, -0.25) is 0 Å². The second-order valence-corrected chi connectivity index (χ2v) is 3.32. The van der Waals surface area contributed by atoms with Crippen molar-refractivity contribution < 1.29 is 9.84 Å². The first kappa shape index (κ1) is 8.60. The lowest BCUT2D eigenvalue weighted by atomic mass is 9.96. The molecule has 2 atom stereocenters. The first-order chi connectivity index (χ1) is 4.69. The van der Waals surface area contributed by atoms with Crippen molar-refractivity contribution in [2.24, 2.45) is 0 Å². The maximum Gasteiger partial charge on any atom is 0.0989 e. The molecule has 1 fully saturated rings. The molecule has 10 heavy (non-hydrogen) atoms.